The third kappa shape index (κ3) is 7.57. The topological polar surface area (TPSA) is 86.8 Å². The molecule has 33 heavy (non-hydrogen) atoms. The highest BCUT2D eigenvalue weighted by atomic mass is 79.9. The Kier molecular flexibility index (Phi) is 9.48. The van der Waals surface area contributed by atoms with Crippen molar-refractivity contribution in [1.29, 1.82) is 0 Å². The van der Waals surface area contributed by atoms with Crippen molar-refractivity contribution in [1.82, 2.24) is 10.2 Å². The molecular formula is C24H32BrN3O4S. The minimum atomic E-state index is -3.75. The Morgan fingerprint density at radius 2 is 1.76 bits per heavy atom. The van der Waals surface area contributed by atoms with Crippen LogP contribution in [-0.2, 0) is 26.2 Å². The largest absolute Gasteiger partial charge is 0.352 e. The molecule has 0 aliphatic heterocycles. The van der Waals surface area contributed by atoms with Gasteiger partial charge < -0.3 is 10.2 Å². The van der Waals surface area contributed by atoms with Gasteiger partial charge in [0.1, 0.15) is 12.6 Å². The second-order valence-electron chi connectivity index (χ2n) is 8.19. The Bertz CT molecular complexity index is 1090. The first-order valence-electron chi connectivity index (χ1n) is 10.8. The third-order valence-corrected chi connectivity index (χ3v) is 7.18. The van der Waals surface area contributed by atoms with E-state index in [9.17, 15) is 18.0 Å². The summed E-state index contributed by atoms with van der Waals surface area (Å²) in [6.45, 7) is 7.24. The van der Waals surface area contributed by atoms with Gasteiger partial charge in [-0.2, -0.15) is 0 Å². The van der Waals surface area contributed by atoms with Gasteiger partial charge in [0.25, 0.3) is 0 Å². The fourth-order valence-corrected chi connectivity index (χ4v) is 4.49. The van der Waals surface area contributed by atoms with E-state index in [2.05, 4.69) is 21.2 Å². The first-order valence-corrected chi connectivity index (χ1v) is 13.5. The number of hydrogen-bond donors (Lipinski definition) is 1. The molecule has 0 radical (unpaired) electrons. The minimum absolute atomic E-state index is 0.0375. The van der Waals surface area contributed by atoms with E-state index in [1.165, 1.54) is 4.90 Å². The number of carbonyl (C=O) groups is 2. The van der Waals surface area contributed by atoms with Crippen LogP contribution < -0.4 is 9.62 Å². The Balaban J connectivity index is 2.40. The highest BCUT2D eigenvalue weighted by Gasteiger charge is 2.30. The maximum absolute atomic E-state index is 13.5. The van der Waals surface area contributed by atoms with Crippen molar-refractivity contribution in [3.63, 3.8) is 0 Å². The average molecular weight is 539 g/mol. The van der Waals surface area contributed by atoms with Crippen LogP contribution >= 0.6 is 15.9 Å². The number of amides is 2. The molecule has 0 aliphatic rings. The molecule has 0 heterocycles. The standard InChI is InChI=1S/C24H32BrN3O4S/c1-6-18(3)26-24(30)19(4)27(15-20-11-8-7-10-17(20)2)23(29)16-28(33(5,31)32)22-13-9-12-21(25)14-22/h7-14,18-19H,6,15-16H2,1-5H3,(H,26,30)/t18-,19-/m0/s1. The number of nitrogens with zero attached hydrogens (tertiary/aromatic N) is 2. The van der Waals surface area contributed by atoms with E-state index in [0.717, 1.165) is 28.1 Å². The maximum atomic E-state index is 13.5. The van der Waals surface area contributed by atoms with Crippen LogP contribution in [0.2, 0.25) is 0 Å². The van der Waals surface area contributed by atoms with Gasteiger partial charge in [-0.1, -0.05) is 53.2 Å². The van der Waals surface area contributed by atoms with E-state index in [1.807, 2.05) is 45.0 Å². The minimum Gasteiger partial charge on any atom is -0.352 e. The predicted molar refractivity (Wildman–Crippen MR) is 135 cm³/mol. The molecule has 0 aliphatic carbocycles. The SMILES string of the molecule is CC[C@H](C)NC(=O)[C@H](C)N(Cc1ccccc1C)C(=O)CN(c1cccc(Br)c1)S(C)(=O)=O. The number of carbonyl (C=O) groups excluding carboxylic acids is 2. The molecule has 0 fully saturated rings. The van der Waals surface area contributed by atoms with Crippen LogP contribution in [0.5, 0.6) is 0 Å². The highest BCUT2D eigenvalue weighted by molar-refractivity contribution is 9.10. The maximum Gasteiger partial charge on any atom is 0.244 e. The normalized spacial score (nSPS) is 13.2. The van der Waals surface area contributed by atoms with E-state index in [0.29, 0.717) is 10.2 Å². The van der Waals surface area contributed by atoms with Crippen LogP contribution in [0.15, 0.2) is 53.0 Å². The van der Waals surface area contributed by atoms with Gasteiger partial charge in [-0.15, -0.1) is 0 Å². The van der Waals surface area contributed by atoms with Crippen LogP contribution in [0.1, 0.15) is 38.3 Å². The molecule has 7 nitrogen and oxygen atoms in total. The molecule has 2 atom stereocenters. The lowest BCUT2D eigenvalue weighted by atomic mass is 10.1. The lowest BCUT2D eigenvalue weighted by molar-refractivity contribution is -0.139. The van der Waals surface area contributed by atoms with E-state index < -0.39 is 28.5 Å². The summed E-state index contributed by atoms with van der Waals surface area (Å²) >= 11 is 3.35. The summed E-state index contributed by atoms with van der Waals surface area (Å²) in [6, 6.07) is 13.5. The Hall–Kier alpha value is -2.39. The Morgan fingerprint density at radius 3 is 2.33 bits per heavy atom. The summed E-state index contributed by atoms with van der Waals surface area (Å²) in [6.07, 6.45) is 1.82. The number of benzene rings is 2. The van der Waals surface area contributed by atoms with Crippen molar-refractivity contribution < 1.29 is 18.0 Å². The van der Waals surface area contributed by atoms with Gasteiger partial charge in [-0.25, -0.2) is 8.42 Å². The number of anilines is 1. The molecule has 0 saturated carbocycles. The summed E-state index contributed by atoms with van der Waals surface area (Å²) in [7, 11) is -3.75. The Labute approximate surface area is 205 Å². The molecule has 0 bridgehead atoms. The van der Waals surface area contributed by atoms with Crippen LogP contribution in [0.25, 0.3) is 0 Å². The summed E-state index contributed by atoms with van der Waals surface area (Å²) in [4.78, 5) is 27.8. The highest BCUT2D eigenvalue weighted by Crippen LogP contribution is 2.23. The smallest absolute Gasteiger partial charge is 0.244 e. The van der Waals surface area contributed by atoms with Crippen LogP contribution in [-0.4, -0.2) is 50.0 Å². The quantitative estimate of drug-likeness (QED) is 0.498. The molecule has 0 saturated heterocycles. The zero-order chi connectivity index (χ0) is 24.8. The van der Waals surface area contributed by atoms with Crippen molar-refractivity contribution in [2.24, 2.45) is 0 Å². The van der Waals surface area contributed by atoms with Gasteiger partial charge in [-0.3, -0.25) is 13.9 Å². The molecule has 0 spiro atoms. The molecule has 0 aromatic heterocycles. The second-order valence-corrected chi connectivity index (χ2v) is 11.0. The molecule has 2 rings (SSSR count). The zero-order valence-corrected chi connectivity index (χ0v) is 22.1. The van der Waals surface area contributed by atoms with Crippen molar-refractivity contribution in [2.45, 2.75) is 52.7 Å². The summed E-state index contributed by atoms with van der Waals surface area (Å²) in [5.74, 6) is -0.741. The molecule has 0 unspecified atom stereocenters. The number of nitrogens with one attached hydrogen (secondary N) is 1. The number of rotatable bonds is 10. The first kappa shape index (κ1) is 26.9. The van der Waals surface area contributed by atoms with Crippen molar-refractivity contribution >= 4 is 43.5 Å². The lowest BCUT2D eigenvalue weighted by Gasteiger charge is -2.32. The first-order chi connectivity index (χ1) is 15.4. The summed E-state index contributed by atoms with van der Waals surface area (Å²) < 4.78 is 26.9. The third-order valence-electron chi connectivity index (χ3n) is 5.55. The number of halogens is 1. The van der Waals surface area contributed by atoms with Crippen LogP contribution in [0.3, 0.4) is 0 Å². The lowest BCUT2D eigenvalue weighted by Crippen LogP contribution is -2.52. The van der Waals surface area contributed by atoms with Crippen molar-refractivity contribution in [2.75, 3.05) is 17.1 Å². The fraction of sp³-hybridized carbons (Fsp3) is 0.417. The summed E-state index contributed by atoms with van der Waals surface area (Å²) in [5.41, 5.74) is 2.24. The molecule has 180 valence electrons. The monoisotopic (exact) mass is 537 g/mol. The molecule has 1 N–H and O–H groups in total. The number of hydrogen-bond acceptors (Lipinski definition) is 4. The van der Waals surface area contributed by atoms with Crippen LogP contribution in [0, 0.1) is 6.92 Å². The second kappa shape index (κ2) is 11.7. The Morgan fingerprint density at radius 1 is 1.09 bits per heavy atom. The van der Waals surface area contributed by atoms with Crippen molar-refractivity contribution in [3.05, 3.63) is 64.1 Å². The van der Waals surface area contributed by atoms with E-state index in [1.54, 1.807) is 31.2 Å². The van der Waals surface area contributed by atoms with Crippen molar-refractivity contribution in [3.8, 4) is 0 Å². The van der Waals surface area contributed by atoms with Gasteiger partial charge in [0.05, 0.1) is 11.9 Å². The molecular weight excluding hydrogens is 506 g/mol. The summed E-state index contributed by atoms with van der Waals surface area (Å²) in [5, 5.41) is 2.92. The fourth-order valence-electron chi connectivity index (χ4n) is 3.26. The van der Waals surface area contributed by atoms with E-state index >= 15 is 0 Å². The molecule has 2 aromatic rings. The number of sulfonamides is 1. The van der Waals surface area contributed by atoms with E-state index in [-0.39, 0.29) is 18.5 Å². The predicted octanol–water partition coefficient (Wildman–Crippen LogP) is 3.86. The van der Waals surface area contributed by atoms with Crippen LogP contribution in [0.4, 0.5) is 5.69 Å². The van der Waals surface area contributed by atoms with Gasteiger partial charge in [-0.05, 0) is 56.5 Å². The number of aryl methyl sites for hydroxylation is 1. The van der Waals surface area contributed by atoms with E-state index in [4.69, 9.17) is 0 Å². The molecule has 9 heteroatoms. The molecule has 2 amide bonds. The van der Waals surface area contributed by atoms with Gasteiger partial charge in [0.15, 0.2) is 0 Å². The zero-order valence-electron chi connectivity index (χ0n) is 19.7. The van der Waals surface area contributed by atoms with Gasteiger partial charge in [0, 0.05) is 17.1 Å². The van der Waals surface area contributed by atoms with Gasteiger partial charge >= 0.3 is 0 Å². The average Bonchev–Trinajstić information content (AvgIpc) is 2.75. The van der Waals surface area contributed by atoms with Gasteiger partial charge in [0.2, 0.25) is 21.8 Å². The molecule has 2 aromatic carbocycles.